The second kappa shape index (κ2) is 4.10. The van der Waals surface area contributed by atoms with Gasteiger partial charge >= 0.3 is 0 Å². The van der Waals surface area contributed by atoms with Gasteiger partial charge in [0.05, 0.1) is 28.6 Å². The van der Waals surface area contributed by atoms with Crippen LogP contribution in [0.4, 0.5) is 5.69 Å². The van der Waals surface area contributed by atoms with Crippen LogP contribution in [0.3, 0.4) is 0 Å². The number of nitrogens with zero attached hydrogens (tertiary/aromatic N) is 2. The Kier molecular flexibility index (Phi) is 2.58. The van der Waals surface area contributed by atoms with E-state index < -0.39 is 0 Å². The molecular formula is C13H10IN3. The van der Waals surface area contributed by atoms with Crippen LogP contribution in [0.15, 0.2) is 36.5 Å². The van der Waals surface area contributed by atoms with Gasteiger partial charge in [-0.1, -0.05) is 40.8 Å². The maximum Gasteiger partial charge on any atom is 0.0968 e. The maximum absolute atomic E-state index is 5.74. The summed E-state index contributed by atoms with van der Waals surface area (Å²) in [5, 5.41) is 2.15. The quantitative estimate of drug-likeness (QED) is 0.422. The molecule has 2 heterocycles. The molecule has 2 aromatic heterocycles. The smallest absolute Gasteiger partial charge is 0.0968 e. The van der Waals surface area contributed by atoms with E-state index in [9.17, 15) is 0 Å². The molecule has 0 bridgehead atoms. The molecular weight excluding hydrogens is 325 g/mol. The molecule has 2 N–H and O–H groups in total. The molecule has 0 saturated carbocycles. The van der Waals surface area contributed by atoms with Crippen molar-refractivity contribution >= 4 is 50.1 Å². The summed E-state index contributed by atoms with van der Waals surface area (Å²) in [6.07, 6.45) is 1.68. The summed E-state index contributed by atoms with van der Waals surface area (Å²) in [7, 11) is 0. The van der Waals surface area contributed by atoms with Crippen LogP contribution in [0.2, 0.25) is 0 Å². The molecule has 3 rings (SSSR count). The first-order chi connectivity index (χ1) is 8.28. The molecule has 0 saturated heterocycles. The summed E-state index contributed by atoms with van der Waals surface area (Å²) in [4.78, 5) is 9.04. The van der Waals surface area contributed by atoms with E-state index in [1.165, 1.54) is 0 Å². The molecule has 84 valence electrons. The number of aromatic nitrogens is 2. The predicted molar refractivity (Wildman–Crippen MR) is 79.2 cm³/mol. The molecule has 1 aromatic carbocycles. The lowest BCUT2D eigenvalue weighted by Gasteiger charge is -2.04. The normalized spacial score (nSPS) is 11.1. The van der Waals surface area contributed by atoms with Gasteiger partial charge in [0.15, 0.2) is 0 Å². The van der Waals surface area contributed by atoms with E-state index in [1.807, 2.05) is 12.1 Å². The molecule has 4 heteroatoms. The number of hydrogen-bond donors (Lipinski definition) is 1. The summed E-state index contributed by atoms with van der Waals surface area (Å²) >= 11 is 2.31. The van der Waals surface area contributed by atoms with Gasteiger partial charge in [-0.3, -0.25) is 4.98 Å². The Hall–Kier alpha value is -1.43. The van der Waals surface area contributed by atoms with E-state index in [0.717, 1.165) is 31.9 Å². The number of fused-ring (bicyclic) bond motifs is 3. The summed E-state index contributed by atoms with van der Waals surface area (Å²) in [5.74, 6) is 0. The van der Waals surface area contributed by atoms with Crippen molar-refractivity contribution in [3.63, 3.8) is 0 Å². The Labute approximate surface area is 112 Å². The Bertz CT molecular complexity index is 709. The minimum absolute atomic E-state index is 0.682. The van der Waals surface area contributed by atoms with Gasteiger partial charge < -0.3 is 5.73 Å². The number of nitrogen functional groups attached to an aromatic ring is 1. The van der Waals surface area contributed by atoms with Crippen molar-refractivity contribution < 1.29 is 0 Å². The van der Waals surface area contributed by atoms with Gasteiger partial charge in [-0.25, -0.2) is 4.98 Å². The standard InChI is InChI=1S/C13H10IN3/c14-6-11-4-3-8-1-2-9-5-10(15)7-16-12(9)13(8)17-11/h1-5,7H,6,15H2. The number of benzene rings is 1. The Morgan fingerprint density at radius 1 is 1.06 bits per heavy atom. The van der Waals surface area contributed by atoms with Crippen LogP contribution in [0.25, 0.3) is 21.8 Å². The maximum atomic E-state index is 5.74. The number of anilines is 1. The number of rotatable bonds is 1. The topological polar surface area (TPSA) is 51.8 Å². The summed E-state index contributed by atoms with van der Waals surface area (Å²) < 4.78 is 0.902. The van der Waals surface area contributed by atoms with E-state index in [1.54, 1.807) is 6.20 Å². The highest BCUT2D eigenvalue weighted by Gasteiger charge is 2.04. The molecule has 0 aliphatic heterocycles. The van der Waals surface area contributed by atoms with Crippen molar-refractivity contribution in [1.29, 1.82) is 0 Å². The fourth-order valence-corrected chi connectivity index (χ4v) is 2.34. The van der Waals surface area contributed by atoms with Gasteiger partial charge in [-0.05, 0) is 12.1 Å². The van der Waals surface area contributed by atoms with E-state index in [2.05, 4.69) is 50.8 Å². The van der Waals surface area contributed by atoms with Gasteiger partial charge in [0.1, 0.15) is 0 Å². The Balaban J connectivity index is 2.44. The second-order valence-electron chi connectivity index (χ2n) is 3.91. The second-order valence-corrected chi connectivity index (χ2v) is 4.68. The molecule has 3 nitrogen and oxygen atoms in total. The largest absolute Gasteiger partial charge is 0.397 e. The third-order valence-electron chi connectivity index (χ3n) is 2.73. The van der Waals surface area contributed by atoms with Crippen molar-refractivity contribution in [3.05, 3.63) is 42.2 Å². The molecule has 0 radical (unpaired) electrons. The first kappa shape index (κ1) is 10.7. The molecule has 0 amide bonds. The summed E-state index contributed by atoms with van der Waals surface area (Å²) in [6, 6.07) is 10.2. The SMILES string of the molecule is Nc1cnc2c(ccc3ccc(CI)nc32)c1. The van der Waals surface area contributed by atoms with Crippen molar-refractivity contribution in [2.45, 2.75) is 4.43 Å². The van der Waals surface area contributed by atoms with Crippen LogP contribution in [0.5, 0.6) is 0 Å². The van der Waals surface area contributed by atoms with Crippen LogP contribution in [0, 0.1) is 0 Å². The van der Waals surface area contributed by atoms with E-state index in [-0.39, 0.29) is 0 Å². The van der Waals surface area contributed by atoms with Crippen molar-refractivity contribution in [2.24, 2.45) is 0 Å². The lowest BCUT2D eigenvalue weighted by atomic mass is 10.1. The van der Waals surface area contributed by atoms with E-state index >= 15 is 0 Å². The molecule has 0 spiro atoms. The number of pyridine rings is 2. The zero-order valence-electron chi connectivity index (χ0n) is 9.02. The number of nitrogens with two attached hydrogens (primary N) is 1. The highest BCUT2D eigenvalue weighted by molar-refractivity contribution is 14.1. The third kappa shape index (κ3) is 1.82. The molecule has 0 fully saturated rings. The lowest BCUT2D eigenvalue weighted by Crippen LogP contribution is -1.91. The first-order valence-electron chi connectivity index (χ1n) is 5.28. The minimum atomic E-state index is 0.682. The molecule has 0 atom stereocenters. The zero-order chi connectivity index (χ0) is 11.8. The monoisotopic (exact) mass is 335 g/mol. The van der Waals surface area contributed by atoms with Gasteiger partial charge in [0, 0.05) is 15.2 Å². The van der Waals surface area contributed by atoms with Gasteiger partial charge in [0.25, 0.3) is 0 Å². The predicted octanol–water partition coefficient (Wildman–Crippen LogP) is 3.30. The molecule has 0 aliphatic carbocycles. The van der Waals surface area contributed by atoms with Crippen LogP contribution < -0.4 is 5.73 Å². The van der Waals surface area contributed by atoms with Crippen LogP contribution in [-0.2, 0) is 4.43 Å². The molecule has 0 unspecified atom stereocenters. The highest BCUT2D eigenvalue weighted by atomic mass is 127. The minimum Gasteiger partial charge on any atom is -0.397 e. The number of halogens is 1. The van der Waals surface area contributed by atoms with Crippen molar-refractivity contribution in [2.75, 3.05) is 5.73 Å². The average Bonchev–Trinajstić information content (AvgIpc) is 2.37. The average molecular weight is 335 g/mol. The zero-order valence-corrected chi connectivity index (χ0v) is 11.2. The molecule has 0 aliphatic rings. The van der Waals surface area contributed by atoms with E-state index in [0.29, 0.717) is 5.69 Å². The van der Waals surface area contributed by atoms with Crippen molar-refractivity contribution in [1.82, 2.24) is 9.97 Å². The Morgan fingerprint density at radius 3 is 2.65 bits per heavy atom. The molecule has 17 heavy (non-hydrogen) atoms. The number of alkyl halides is 1. The van der Waals surface area contributed by atoms with Crippen LogP contribution >= 0.6 is 22.6 Å². The first-order valence-corrected chi connectivity index (χ1v) is 6.80. The highest BCUT2D eigenvalue weighted by Crippen LogP contribution is 2.24. The molecule has 3 aromatic rings. The van der Waals surface area contributed by atoms with Crippen LogP contribution in [-0.4, -0.2) is 9.97 Å². The van der Waals surface area contributed by atoms with Gasteiger partial charge in [-0.15, -0.1) is 0 Å². The summed E-state index contributed by atoms with van der Waals surface area (Å²) in [5.41, 5.74) is 9.37. The fraction of sp³-hybridized carbons (Fsp3) is 0.0769. The fourth-order valence-electron chi connectivity index (χ4n) is 1.91. The number of hydrogen-bond acceptors (Lipinski definition) is 3. The Morgan fingerprint density at radius 2 is 1.82 bits per heavy atom. The lowest BCUT2D eigenvalue weighted by molar-refractivity contribution is 1.24. The summed E-state index contributed by atoms with van der Waals surface area (Å²) in [6.45, 7) is 0. The van der Waals surface area contributed by atoms with Crippen molar-refractivity contribution in [3.8, 4) is 0 Å². The van der Waals surface area contributed by atoms with Gasteiger partial charge in [0.2, 0.25) is 0 Å². The third-order valence-corrected chi connectivity index (χ3v) is 3.51. The van der Waals surface area contributed by atoms with Gasteiger partial charge in [-0.2, -0.15) is 0 Å². The van der Waals surface area contributed by atoms with E-state index in [4.69, 9.17) is 5.73 Å². The van der Waals surface area contributed by atoms with Crippen LogP contribution in [0.1, 0.15) is 5.69 Å².